The van der Waals surface area contributed by atoms with Gasteiger partial charge in [0.15, 0.2) is 5.78 Å². The number of carbonyl (C=O) groups is 1. The van der Waals surface area contributed by atoms with Crippen molar-refractivity contribution in [3.63, 3.8) is 0 Å². The number of carbonyl (C=O) groups excluding carboxylic acids is 1. The standard InChI is InChI=1S/C11H7ClO4/c1-5(13)7-2-6-3-8(12)9(14)4-10(6)16-11(7)15/h2-4,14H,1H3. The van der Waals surface area contributed by atoms with Crippen LogP contribution in [-0.4, -0.2) is 10.9 Å². The van der Waals surface area contributed by atoms with E-state index < -0.39 is 5.63 Å². The van der Waals surface area contributed by atoms with Crippen LogP contribution in [0.2, 0.25) is 5.02 Å². The van der Waals surface area contributed by atoms with Crippen LogP contribution in [0.5, 0.6) is 5.75 Å². The van der Waals surface area contributed by atoms with E-state index in [-0.39, 0.29) is 27.7 Å². The zero-order valence-electron chi connectivity index (χ0n) is 8.28. The molecule has 0 atom stereocenters. The number of benzene rings is 1. The second kappa shape index (κ2) is 3.64. The molecule has 2 rings (SSSR count). The quantitative estimate of drug-likeness (QED) is 0.612. The first-order chi connectivity index (χ1) is 7.49. The van der Waals surface area contributed by atoms with Crippen LogP contribution in [0, 0.1) is 0 Å². The van der Waals surface area contributed by atoms with Crippen molar-refractivity contribution in [2.45, 2.75) is 6.92 Å². The lowest BCUT2D eigenvalue weighted by Gasteiger charge is -2.01. The molecule has 0 amide bonds. The Bertz CT molecular complexity index is 642. The summed E-state index contributed by atoms with van der Waals surface area (Å²) in [5.41, 5.74) is -0.562. The summed E-state index contributed by atoms with van der Waals surface area (Å²) in [5.74, 6) is -0.548. The molecule has 5 heteroatoms. The average Bonchev–Trinajstić information content (AvgIpc) is 2.19. The summed E-state index contributed by atoms with van der Waals surface area (Å²) in [6.45, 7) is 1.28. The fourth-order valence-electron chi connectivity index (χ4n) is 1.37. The largest absolute Gasteiger partial charge is 0.506 e. The van der Waals surface area contributed by atoms with E-state index in [2.05, 4.69) is 0 Å². The van der Waals surface area contributed by atoms with Crippen molar-refractivity contribution in [1.82, 2.24) is 0 Å². The van der Waals surface area contributed by atoms with Gasteiger partial charge in [-0.1, -0.05) is 11.6 Å². The van der Waals surface area contributed by atoms with Crippen LogP contribution in [0.3, 0.4) is 0 Å². The van der Waals surface area contributed by atoms with Crippen LogP contribution in [0.15, 0.2) is 27.4 Å². The molecule has 0 saturated heterocycles. The van der Waals surface area contributed by atoms with Gasteiger partial charge in [0.25, 0.3) is 0 Å². The topological polar surface area (TPSA) is 67.5 Å². The Labute approximate surface area is 95.1 Å². The first-order valence-corrected chi connectivity index (χ1v) is 4.84. The molecule has 1 aromatic heterocycles. The molecule has 4 nitrogen and oxygen atoms in total. The molecule has 0 fully saturated rings. The van der Waals surface area contributed by atoms with Crippen molar-refractivity contribution in [2.24, 2.45) is 0 Å². The molecule has 0 radical (unpaired) electrons. The Kier molecular flexibility index (Phi) is 2.44. The minimum absolute atomic E-state index is 0.0331. The van der Waals surface area contributed by atoms with Crippen molar-refractivity contribution in [1.29, 1.82) is 0 Å². The first kappa shape index (κ1) is 10.7. The number of rotatable bonds is 1. The van der Waals surface area contributed by atoms with Gasteiger partial charge in [0.1, 0.15) is 16.9 Å². The van der Waals surface area contributed by atoms with Crippen LogP contribution < -0.4 is 5.63 Å². The van der Waals surface area contributed by atoms with Gasteiger partial charge in [-0.2, -0.15) is 0 Å². The number of phenolic OH excluding ortho intramolecular Hbond substituents is 1. The number of Topliss-reactive ketones (excluding diaryl/α,β-unsaturated/α-hetero) is 1. The van der Waals surface area contributed by atoms with E-state index in [9.17, 15) is 14.7 Å². The summed E-state index contributed by atoms with van der Waals surface area (Å²) in [7, 11) is 0. The van der Waals surface area contributed by atoms with E-state index in [1.165, 1.54) is 25.1 Å². The number of aromatic hydroxyl groups is 1. The highest BCUT2D eigenvalue weighted by Gasteiger charge is 2.11. The molecule has 16 heavy (non-hydrogen) atoms. The fraction of sp³-hybridized carbons (Fsp3) is 0.0909. The van der Waals surface area contributed by atoms with Crippen molar-refractivity contribution < 1.29 is 14.3 Å². The maximum Gasteiger partial charge on any atom is 0.347 e. The fourth-order valence-corrected chi connectivity index (χ4v) is 1.55. The van der Waals surface area contributed by atoms with E-state index in [4.69, 9.17) is 16.0 Å². The van der Waals surface area contributed by atoms with E-state index >= 15 is 0 Å². The lowest BCUT2D eigenvalue weighted by molar-refractivity contribution is 0.101. The van der Waals surface area contributed by atoms with Crippen molar-refractivity contribution in [3.05, 3.63) is 39.2 Å². The van der Waals surface area contributed by atoms with Crippen LogP contribution >= 0.6 is 11.6 Å². The van der Waals surface area contributed by atoms with Crippen LogP contribution in [-0.2, 0) is 0 Å². The zero-order valence-corrected chi connectivity index (χ0v) is 9.04. The van der Waals surface area contributed by atoms with E-state index in [0.717, 1.165) is 0 Å². The van der Waals surface area contributed by atoms with Gasteiger partial charge in [-0.15, -0.1) is 0 Å². The Morgan fingerprint density at radius 1 is 1.38 bits per heavy atom. The van der Waals surface area contributed by atoms with Crippen molar-refractivity contribution in [2.75, 3.05) is 0 Å². The molecule has 0 unspecified atom stereocenters. The summed E-state index contributed by atoms with van der Waals surface area (Å²) >= 11 is 5.70. The molecular formula is C11H7ClO4. The highest BCUT2D eigenvalue weighted by atomic mass is 35.5. The van der Waals surface area contributed by atoms with Gasteiger partial charge in [0.2, 0.25) is 0 Å². The first-order valence-electron chi connectivity index (χ1n) is 4.46. The van der Waals surface area contributed by atoms with Gasteiger partial charge in [0.05, 0.1) is 5.02 Å². The lowest BCUT2D eigenvalue weighted by Crippen LogP contribution is -2.10. The molecule has 0 saturated carbocycles. The number of phenols is 1. The summed E-state index contributed by atoms with van der Waals surface area (Å²) in [6.07, 6.45) is 0. The zero-order chi connectivity index (χ0) is 11.9. The monoisotopic (exact) mass is 238 g/mol. The van der Waals surface area contributed by atoms with Gasteiger partial charge >= 0.3 is 5.63 Å². The maximum absolute atomic E-state index is 11.4. The van der Waals surface area contributed by atoms with Crippen molar-refractivity contribution in [3.8, 4) is 5.75 Å². The Hall–Kier alpha value is -1.81. The predicted octanol–water partition coefficient (Wildman–Crippen LogP) is 2.35. The van der Waals surface area contributed by atoms with Crippen molar-refractivity contribution >= 4 is 28.4 Å². The van der Waals surface area contributed by atoms with E-state index in [1.807, 2.05) is 0 Å². The van der Waals surface area contributed by atoms with Gasteiger partial charge in [-0.3, -0.25) is 4.79 Å². The molecule has 0 aliphatic carbocycles. The molecule has 0 spiro atoms. The number of hydrogen-bond acceptors (Lipinski definition) is 4. The van der Waals surface area contributed by atoms with Gasteiger partial charge in [-0.25, -0.2) is 4.79 Å². The number of fused-ring (bicyclic) bond motifs is 1. The summed E-state index contributed by atoms with van der Waals surface area (Å²) in [5, 5.41) is 9.95. The maximum atomic E-state index is 11.4. The molecular weight excluding hydrogens is 232 g/mol. The minimum atomic E-state index is -0.721. The third-order valence-electron chi connectivity index (χ3n) is 2.18. The van der Waals surface area contributed by atoms with E-state index in [0.29, 0.717) is 5.39 Å². The number of hydrogen-bond donors (Lipinski definition) is 1. The molecule has 1 heterocycles. The minimum Gasteiger partial charge on any atom is -0.506 e. The van der Waals surface area contributed by atoms with Gasteiger partial charge in [0, 0.05) is 11.5 Å². The second-order valence-corrected chi connectivity index (χ2v) is 3.75. The lowest BCUT2D eigenvalue weighted by atomic mass is 10.1. The molecule has 2 aromatic rings. The van der Waals surface area contributed by atoms with Crippen LogP contribution in [0.4, 0.5) is 0 Å². The third-order valence-corrected chi connectivity index (χ3v) is 2.48. The Morgan fingerprint density at radius 2 is 2.06 bits per heavy atom. The normalized spacial score (nSPS) is 10.6. The van der Waals surface area contributed by atoms with Gasteiger partial charge in [-0.05, 0) is 19.1 Å². The molecule has 1 N–H and O–H groups in total. The SMILES string of the molecule is CC(=O)c1cc2cc(Cl)c(O)cc2oc1=O. The highest BCUT2D eigenvalue weighted by molar-refractivity contribution is 6.32. The molecule has 0 bridgehead atoms. The number of ketones is 1. The average molecular weight is 239 g/mol. The van der Waals surface area contributed by atoms with Crippen LogP contribution in [0.25, 0.3) is 11.0 Å². The predicted molar refractivity (Wildman–Crippen MR) is 59.2 cm³/mol. The van der Waals surface area contributed by atoms with Crippen LogP contribution in [0.1, 0.15) is 17.3 Å². The molecule has 1 aromatic carbocycles. The summed E-state index contributed by atoms with van der Waals surface area (Å²) in [6, 6.07) is 4.07. The molecule has 0 aliphatic heterocycles. The van der Waals surface area contributed by atoms with Gasteiger partial charge < -0.3 is 9.52 Å². The Morgan fingerprint density at radius 3 is 2.69 bits per heavy atom. The molecule has 82 valence electrons. The second-order valence-electron chi connectivity index (χ2n) is 3.35. The Balaban J connectivity index is 2.85. The highest BCUT2D eigenvalue weighted by Crippen LogP contribution is 2.28. The smallest absolute Gasteiger partial charge is 0.347 e. The third kappa shape index (κ3) is 1.67. The summed E-state index contributed by atoms with van der Waals surface area (Å²) < 4.78 is 4.89. The van der Waals surface area contributed by atoms with E-state index in [1.54, 1.807) is 0 Å². The number of halogens is 1. The summed E-state index contributed by atoms with van der Waals surface area (Å²) in [4.78, 5) is 22.5. The molecule has 0 aliphatic rings.